The van der Waals surface area contributed by atoms with Crippen LogP contribution in [0.1, 0.15) is 0 Å². The van der Waals surface area contributed by atoms with Gasteiger partial charge in [0.25, 0.3) is 0 Å². The molecule has 5 aromatic rings. The molecule has 2 heterocycles. The second-order valence-electron chi connectivity index (χ2n) is 6.08. The summed E-state index contributed by atoms with van der Waals surface area (Å²) in [6.45, 7) is 0. The van der Waals surface area contributed by atoms with Crippen molar-refractivity contribution in [2.75, 3.05) is 0 Å². The van der Waals surface area contributed by atoms with Crippen LogP contribution in [0.3, 0.4) is 0 Å². The maximum atomic E-state index is 4.15. The standard InChI is InChI=1S/C20H14N8/c1-3-7-15(8-4-1)19-21-23-25-27(19)17-11-13-18(14-12-17)28-20(22-24-26-28)16-9-5-2-6-10-16/h1-14H. The summed E-state index contributed by atoms with van der Waals surface area (Å²) in [7, 11) is 0. The average molecular weight is 366 g/mol. The molecule has 0 radical (unpaired) electrons. The summed E-state index contributed by atoms with van der Waals surface area (Å²) in [6, 6.07) is 27.4. The topological polar surface area (TPSA) is 87.2 Å². The van der Waals surface area contributed by atoms with Crippen LogP contribution in [0.15, 0.2) is 84.9 Å². The Morgan fingerprint density at radius 1 is 0.464 bits per heavy atom. The van der Waals surface area contributed by atoms with Crippen molar-refractivity contribution < 1.29 is 0 Å². The minimum absolute atomic E-state index is 0.681. The van der Waals surface area contributed by atoms with Gasteiger partial charge in [0.05, 0.1) is 11.4 Å². The summed E-state index contributed by atoms with van der Waals surface area (Å²) in [5.74, 6) is 1.36. The molecule has 0 bridgehead atoms. The van der Waals surface area contributed by atoms with Crippen LogP contribution in [0.5, 0.6) is 0 Å². The molecule has 0 unspecified atom stereocenters. The fourth-order valence-corrected chi connectivity index (χ4v) is 2.99. The van der Waals surface area contributed by atoms with E-state index in [0.29, 0.717) is 11.6 Å². The molecule has 8 nitrogen and oxygen atoms in total. The van der Waals surface area contributed by atoms with Crippen LogP contribution in [0, 0.1) is 0 Å². The first kappa shape index (κ1) is 16.0. The Morgan fingerprint density at radius 3 is 1.25 bits per heavy atom. The van der Waals surface area contributed by atoms with Crippen LogP contribution >= 0.6 is 0 Å². The summed E-state index contributed by atoms with van der Waals surface area (Å²) < 4.78 is 3.41. The molecule has 0 aliphatic rings. The van der Waals surface area contributed by atoms with E-state index in [1.807, 2.05) is 84.9 Å². The highest BCUT2D eigenvalue weighted by Gasteiger charge is 2.13. The van der Waals surface area contributed by atoms with E-state index in [2.05, 4.69) is 31.1 Å². The number of hydrogen-bond donors (Lipinski definition) is 0. The van der Waals surface area contributed by atoms with Gasteiger partial charge in [-0.1, -0.05) is 60.7 Å². The molecule has 0 spiro atoms. The van der Waals surface area contributed by atoms with E-state index in [1.165, 1.54) is 0 Å². The lowest BCUT2D eigenvalue weighted by Crippen LogP contribution is -2.02. The molecule has 5 rings (SSSR count). The second-order valence-corrected chi connectivity index (χ2v) is 6.08. The molecule has 0 atom stereocenters. The molecule has 134 valence electrons. The quantitative estimate of drug-likeness (QED) is 0.486. The zero-order valence-electron chi connectivity index (χ0n) is 14.7. The van der Waals surface area contributed by atoms with Crippen molar-refractivity contribution in [2.24, 2.45) is 0 Å². The molecule has 0 aliphatic heterocycles. The third-order valence-corrected chi connectivity index (χ3v) is 4.34. The Hall–Kier alpha value is -4.20. The molecule has 8 heteroatoms. The van der Waals surface area contributed by atoms with Gasteiger partial charge in [0.15, 0.2) is 11.6 Å². The number of tetrazole rings is 2. The maximum Gasteiger partial charge on any atom is 0.187 e. The van der Waals surface area contributed by atoms with E-state index < -0.39 is 0 Å². The SMILES string of the molecule is c1ccc(-c2nnnn2-c2ccc(-n3nnnc3-c3ccccc3)cc2)cc1. The third-order valence-electron chi connectivity index (χ3n) is 4.34. The minimum atomic E-state index is 0.681. The Morgan fingerprint density at radius 2 is 0.857 bits per heavy atom. The second kappa shape index (κ2) is 6.84. The predicted octanol–water partition coefficient (Wildman–Crippen LogP) is 2.97. The van der Waals surface area contributed by atoms with Crippen LogP contribution in [0.4, 0.5) is 0 Å². The van der Waals surface area contributed by atoms with Crippen LogP contribution in [-0.4, -0.2) is 40.4 Å². The lowest BCUT2D eigenvalue weighted by atomic mass is 10.2. The summed E-state index contributed by atoms with van der Waals surface area (Å²) in [5, 5.41) is 24.2. The highest BCUT2D eigenvalue weighted by atomic mass is 15.6. The highest BCUT2D eigenvalue weighted by Crippen LogP contribution is 2.22. The zero-order valence-corrected chi connectivity index (χ0v) is 14.7. The lowest BCUT2D eigenvalue weighted by Gasteiger charge is -2.07. The number of nitrogens with zero attached hydrogens (tertiary/aromatic N) is 8. The van der Waals surface area contributed by atoms with Crippen LogP contribution in [-0.2, 0) is 0 Å². The van der Waals surface area contributed by atoms with Gasteiger partial charge in [0.1, 0.15) is 0 Å². The van der Waals surface area contributed by atoms with Crippen LogP contribution < -0.4 is 0 Å². The van der Waals surface area contributed by atoms with Crippen LogP contribution in [0.25, 0.3) is 34.2 Å². The van der Waals surface area contributed by atoms with Crippen molar-refractivity contribution in [2.45, 2.75) is 0 Å². The summed E-state index contributed by atoms with van der Waals surface area (Å²) in [4.78, 5) is 0. The molecule has 0 amide bonds. The van der Waals surface area contributed by atoms with Gasteiger partial charge < -0.3 is 0 Å². The molecule has 0 fully saturated rings. The average Bonchev–Trinajstić information content (AvgIpc) is 3.45. The normalized spacial score (nSPS) is 10.9. The summed E-state index contributed by atoms with van der Waals surface area (Å²) in [5.41, 5.74) is 3.59. The third kappa shape index (κ3) is 2.82. The molecular formula is C20H14N8. The molecule has 0 aliphatic carbocycles. The van der Waals surface area contributed by atoms with Crippen LogP contribution in [0.2, 0.25) is 0 Å². The Bertz CT molecular complexity index is 1100. The fraction of sp³-hybridized carbons (Fsp3) is 0. The molecular weight excluding hydrogens is 352 g/mol. The molecule has 0 N–H and O–H groups in total. The predicted molar refractivity (Wildman–Crippen MR) is 103 cm³/mol. The van der Waals surface area contributed by atoms with Crippen molar-refractivity contribution >= 4 is 0 Å². The van der Waals surface area contributed by atoms with Gasteiger partial charge in [0.2, 0.25) is 0 Å². The number of aromatic nitrogens is 8. The molecule has 28 heavy (non-hydrogen) atoms. The van der Waals surface area contributed by atoms with Crippen molar-refractivity contribution in [3.8, 4) is 34.2 Å². The first-order valence-corrected chi connectivity index (χ1v) is 8.68. The zero-order chi connectivity index (χ0) is 18.8. The van der Waals surface area contributed by atoms with Crippen molar-refractivity contribution in [1.29, 1.82) is 0 Å². The van der Waals surface area contributed by atoms with E-state index in [4.69, 9.17) is 0 Å². The molecule has 2 aromatic heterocycles. The van der Waals surface area contributed by atoms with Gasteiger partial charge in [-0.3, -0.25) is 0 Å². The lowest BCUT2D eigenvalue weighted by molar-refractivity contribution is 0.782. The number of rotatable bonds is 4. The van der Waals surface area contributed by atoms with Crippen molar-refractivity contribution in [1.82, 2.24) is 40.4 Å². The molecule has 3 aromatic carbocycles. The van der Waals surface area contributed by atoms with Gasteiger partial charge in [-0.05, 0) is 45.1 Å². The number of hydrogen-bond acceptors (Lipinski definition) is 6. The fourth-order valence-electron chi connectivity index (χ4n) is 2.99. The number of benzene rings is 3. The van der Waals surface area contributed by atoms with Crippen molar-refractivity contribution in [3.05, 3.63) is 84.9 Å². The Kier molecular flexibility index (Phi) is 3.91. The van der Waals surface area contributed by atoms with E-state index in [1.54, 1.807) is 9.36 Å². The van der Waals surface area contributed by atoms with E-state index in [-0.39, 0.29) is 0 Å². The van der Waals surface area contributed by atoms with E-state index in [9.17, 15) is 0 Å². The molecule has 0 saturated heterocycles. The monoisotopic (exact) mass is 366 g/mol. The van der Waals surface area contributed by atoms with Gasteiger partial charge >= 0.3 is 0 Å². The van der Waals surface area contributed by atoms with E-state index >= 15 is 0 Å². The van der Waals surface area contributed by atoms with Gasteiger partial charge in [-0.25, -0.2) is 0 Å². The minimum Gasteiger partial charge on any atom is -0.193 e. The van der Waals surface area contributed by atoms with Gasteiger partial charge in [-0.2, -0.15) is 9.36 Å². The highest BCUT2D eigenvalue weighted by molar-refractivity contribution is 5.59. The first-order valence-electron chi connectivity index (χ1n) is 8.68. The first-order chi connectivity index (χ1) is 13.9. The van der Waals surface area contributed by atoms with E-state index in [0.717, 1.165) is 22.5 Å². The maximum absolute atomic E-state index is 4.15. The smallest absolute Gasteiger partial charge is 0.187 e. The van der Waals surface area contributed by atoms with Gasteiger partial charge in [-0.15, -0.1) is 10.2 Å². The Labute approximate surface area is 160 Å². The van der Waals surface area contributed by atoms with Crippen molar-refractivity contribution in [3.63, 3.8) is 0 Å². The summed E-state index contributed by atoms with van der Waals surface area (Å²) >= 11 is 0. The summed E-state index contributed by atoms with van der Waals surface area (Å²) in [6.07, 6.45) is 0. The van der Waals surface area contributed by atoms with Gasteiger partial charge in [0, 0.05) is 11.1 Å². The Balaban J connectivity index is 1.51. The largest absolute Gasteiger partial charge is 0.193 e. The molecule has 0 saturated carbocycles.